The second kappa shape index (κ2) is 7.98. The first-order valence-electron chi connectivity index (χ1n) is 8.60. The van der Waals surface area contributed by atoms with Crippen molar-refractivity contribution >= 4 is 40.3 Å². The summed E-state index contributed by atoms with van der Waals surface area (Å²) in [5.41, 5.74) is 5.01. The molecule has 4 heterocycles. The fraction of sp³-hybridized carbons (Fsp3) is 0.412. The Bertz CT molecular complexity index is 904. The van der Waals surface area contributed by atoms with E-state index in [-0.39, 0.29) is 60.4 Å². The molecule has 148 valence electrons. The molecule has 2 saturated heterocycles. The van der Waals surface area contributed by atoms with Crippen LogP contribution in [0.5, 0.6) is 0 Å². The third kappa shape index (κ3) is 3.31. The molecule has 29 heavy (non-hydrogen) atoms. The Hall–Kier alpha value is -2.08. The van der Waals surface area contributed by atoms with Crippen molar-refractivity contribution in [2.24, 2.45) is 11.7 Å². The monoisotopic (exact) mass is 428 g/mol. The van der Waals surface area contributed by atoms with E-state index in [0.29, 0.717) is 12.0 Å². The predicted molar refractivity (Wildman–Crippen MR) is 94.9 cm³/mol. The molecule has 3 atom stereocenters. The largest absolute Gasteiger partial charge is 1.00 e. The molecular formula is C17H17N4NaO6S. The maximum atomic E-state index is 12.9. The average Bonchev–Trinajstić information content (AvgIpc) is 3.29. The molecule has 0 bridgehead atoms. The Morgan fingerprint density at radius 2 is 2.14 bits per heavy atom. The number of urea groups is 1. The van der Waals surface area contributed by atoms with Crippen molar-refractivity contribution in [2.75, 3.05) is 25.1 Å². The second-order valence-corrected chi connectivity index (χ2v) is 7.72. The summed E-state index contributed by atoms with van der Waals surface area (Å²) >= 11 is 1.40. The van der Waals surface area contributed by atoms with E-state index < -0.39 is 30.1 Å². The van der Waals surface area contributed by atoms with Gasteiger partial charge in [-0.2, -0.15) is 0 Å². The molecule has 12 heteroatoms. The van der Waals surface area contributed by atoms with E-state index in [1.165, 1.54) is 21.1 Å². The number of primary amides is 1. The molecule has 4 rings (SSSR count). The van der Waals surface area contributed by atoms with Crippen molar-refractivity contribution in [2.45, 2.75) is 18.5 Å². The molecule has 3 aliphatic rings. The Morgan fingerprint density at radius 3 is 2.72 bits per heavy atom. The molecular weight excluding hydrogens is 411 g/mol. The van der Waals surface area contributed by atoms with Gasteiger partial charge in [0.25, 0.3) is 5.91 Å². The SMILES string of the molecule is CN(C(=O)N1CCC2C(COC(N)=O)=C(C(=O)[O-])N3C(=O)[C@@H]1[C@@H]23)c1cccs1.[Na+]. The van der Waals surface area contributed by atoms with Gasteiger partial charge in [0.15, 0.2) is 0 Å². The van der Waals surface area contributed by atoms with Crippen LogP contribution in [0, 0.1) is 5.92 Å². The standard InChI is InChI=1S/C17H18N4O6S.Na/c1-19(10-3-2-6-28-10)17(26)20-5-4-8-9(7-27-16(18)25)12(15(23)24)21-11(8)13(20)14(21)22;/h2-3,6,8,11,13H,4-5,7H2,1H3,(H2,18,25)(H,23,24);/q;+1/p-1/t8?,11-,13+;/m1./s1. The molecule has 0 aromatic carbocycles. The molecule has 3 aliphatic heterocycles. The van der Waals surface area contributed by atoms with E-state index in [1.54, 1.807) is 13.1 Å². The van der Waals surface area contributed by atoms with Crippen molar-refractivity contribution in [3.8, 4) is 0 Å². The molecule has 10 nitrogen and oxygen atoms in total. The fourth-order valence-electron chi connectivity index (χ4n) is 4.29. The van der Waals surface area contributed by atoms with Gasteiger partial charge in [0, 0.05) is 19.5 Å². The number of hydrogen-bond acceptors (Lipinski definition) is 7. The smallest absolute Gasteiger partial charge is 0.543 e. The van der Waals surface area contributed by atoms with Crippen molar-refractivity contribution in [1.29, 1.82) is 0 Å². The number of nitrogens with zero attached hydrogens (tertiary/aromatic N) is 3. The molecule has 0 radical (unpaired) electrons. The van der Waals surface area contributed by atoms with E-state index in [0.717, 1.165) is 9.90 Å². The van der Waals surface area contributed by atoms with E-state index >= 15 is 0 Å². The van der Waals surface area contributed by atoms with Crippen molar-refractivity contribution in [3.63, 3.8) is 0 Å². The van der Waals surface area contributed by atoms with Gasteiger partial charge in [-0.1, -0.05) is 0 Å². The number of likely N-dealkylation sites (tertiary alicyclic amines) is 1. The third-order valence-corrected chi connectivity index (χ3v) is 6.41. The zero-order chi connectivity index (χ0) is 20.2. The molecule has 2 N–H and O–H groups in total. The molecule has 1 aromatic rings. The zero-order valence-electron chi connectivity index (χ0n) is 15.9. The summed E-state index contributed by atoms with van der Waals surface area (Å²) in [5, 5.41) is 14.2. The van der Waals surface area contributed by atoms with Gasteiger partial charge in [0.1, 0.15) is 12.6 Å². The number of aliphatic carboxylic acids is 1. The Morgan fingerprint density at radius 1 is 1.41 bits per heavy atom. The van der Waals surface area contributed by atoms with Gasteiger partial charge in [-0.3, -0.25) is 9.69 Å². The van der Waals surface area contributed by atoms with Crippen LogP contribution in [0.25, 0.3) is 0 Å². The van der Waals surface area contributed by atoms with Crippen LogP contribution >= 0.6 is 11.3 Å². The Balaban J connectivity index is 0.00000240. The van der Waals surface area contributed by atoms with Crippen LogP contribution in [0.15, 0.2) is 28.8 Å². The molecule has 0 saturated carbocycles. The molecule has 2 fully saturated rings. The topological polar surface area (TPSA) is 136 Å². The number of piperidine rings is 1. The van der Waals surface area contributed by atoms with Crippen LogP contribution < -0.4 is 45.3 Å². The van der Waals surface area contributed by atoms with Crippen molar-refractivity contribution < 1.29 is 58.6 Å². The molecule has 0 spiro atoms. The fourth-order valence-corrected chi connectivity index (χ4v) is 4.98. The minimum Gasteiger partial charge on any atom is -0.543 e. The van der Waals surface area contributed by atoms with Gasteiger partial charge in [-0.25, -0.2) is 9.59 Å². The van der Waals surface area contributed by atoms with Gasteiger partial charge in [-0.15, -0.1) is 11.3 Å². The van der Waals surface area contributed by atoms with E-state index in [2.05, 4.69) is 0 Å². The van der Waals surface area contributed by atoms with E-state index in [4.69, 9.17) is 10.5 Å². The van der Waals surface area contributed by atoms with Crippen LogP contribution in [-0.2, 0) is 14.3 Å². The Labute approximate surface area is 192 Å². The number of carbonyl (C=O) groups is 4. The van der Waals surface area contributed by atoms with Gasteiger partial charge in [0.2, 0.25) is 0 Å². The van der Waals surface area contributed by atoms with Crippen molar-refractivity contribution in [3.05, 3.63) is 28.8 Å². The van der Waals surface area contributed by atoms with Crippen LogP contribution in [0.4, 0.5) is 14.6 Å². The quantitative estimate of drug-likeness (QED) is 0.388. The first-order valence-corrected chi connectivity index (χ1v) is 9.48. The van der Waals surface area contributed by atoms with Gasteiger partial charge in [0.05, 0.1) is 22.7 Å². The van der Waals surface area contributed by atoms with Gasteiger partial charge in [-0.05, 0) is 29.5 Å². The molecule has 1 aromatic heterocycles. The minimum atomic E-state index is -1.52. The molecule has 0 aliphatic carbocycles. The Kier molecular flexibility index (Phi) is 5.95. The summed E-state index contributed by atoms with van der Waals surface area (Å²) in [6.07, 6.45) is -0.601. The first kappa shape index (κ1) is 21.6. The number of anilines is 1. The number of carboxylic acid groups (broad SMARTS) is 1. The summed E-state index contributed by atoms with van der Waals surface area (Å²) in [4.78, 5) is 52.4. The van der Waals surface area contributed by atoms with Crippen LogP contribution in [-0.4, -0.2) is 66.1 Å². The number of thiophene rings is 1. The second-order valence-electron chi connectivity index (χ2n) is 6.79. The van der Waals surface area contributed by atoms with Crippen LogP contribution in [0.1, 0.15) is 6.42 Å². The van der Waals surface area contributed by atoms with Crippen LogP contribution in [0.2, 0.25) is 0 Å². The number of carbonyl (C=O) groups excluding carboxylic acids is 4. The summed E-state index contributed by atoms with van der Waals surface area (Å²) in [7, 11) is 1.63. The number of carboxylic acids is 1. The molecule has 4 amide bonds. The number of nitrogens with two attached hydrogens (primary N) is 1. The minimum absolute atomic E-state index is 0. The maximum absolute atomic E-state index is 12.9. The summed E-state index contributed by atoms with van der Waals surface area (Å²) in [6.45, 7) is -0.0419. The average molecular weight is 428 g/mol. The summed E-state index contributed by atoms with van der Waals surface area (Å²) in [6, 6.07) is 2.05. The normalized spacial score (nSPS) is 24.4. The molecule has 1 unspecified atom stereocenters. The van der Waals surface area contributed by atoms with E-state index in [9.17, 15) is 24.3 Å². The predicted octanol–water partition coefficient (Wildman–Crippen LogP) is -3.68. The summed E-state index contributed by atoms with van der Waals surface area (Å²) in [5.74, 6) is -2.32. The first-order chi connectivity index (χ1) is 13.3. The van der Waals surface area contributed by atoms with Gasteiger partial charge < -0.3 is 30.2 Å². The maximum Gasteiger partial charge on any atom is 1.00 e. The number of hydrogen-bond donors (Lipinski definition) is 1. The van der Waals surface area contributed by atoms with Crippen molar-refractivity contribution in [1.82, 2.24) is 9.80 Å². The zero-order valence-corrected chi connectivity index (χ0v) is 18.7. The van der Waals surface area contributed by atoms with Crippen LogP contribution in [0.3, 0.4) is 0 Å². The summed E-state index contributed by atoms with van der Waals surface area (Å²) < 4.78 is 4.78. The van der Waals surface area contributed by atoms with Gasteiger partial charge >= 0.3 is 41.7 Å². The third-order valence-electron chi connectivity index (χ3n) is 5.47. The number of rotatable bonds is 4. The van der Waals surface area contributed by atoms with E-state index in [1.807, 2.05) is 11.4 Å². The number of ether oxygens (including phenoxy) is 1. The number of amides is 4. The number of β-lactam (4-membered cyclic amide) rings is 1.